The number of anilines is 1. The molecule has 0 bridgehead atoms. The average molecular weight is 474 g/mol. The van der Waals surface area contributed by atoms with Crippen LogP contribution in [0.4, 0.5) is 5.69 Å². The minimum Gasteiger partial charge on any atom is -0.378 e. The minimum absolute atomic E-state index is 0.299. The Balaban J connectivity index is 1.21. The van der Waals surface area contributed by atoms with E-state index in [1.54, 1.807) is 0 Å². The summed E-state index contributed by atoms with van der Waals surface area (Å²) in [5.74, 6) is 0.655. The predicted octanol–water partition coefficient (Wildman–Crippen LogP) is 3.84. The number of carbonyl (C=O) groups excluding carboxylic acids is 1. The Kier molecular flexibility index (Phi) is 5.98. The van der Waals surface area contributed by atoms with Crippen molar-refractivity contribution in [3.63, 3.8) is 0 Å². The summed E-state index contributed by atoms with van der Waals surface area (Å²) in [5, 5.41) is 4.58. The lowest BCUT2D eigenvalue weighted by Gasteiger charge is -2.38. The standard InChI is InChI=1S/C28H35N5O2/c1-20(2)32-15-16-35-19-27(32)22-5-3-21(4-6-22)24-17-26-25(9-10-29-33(26)18-24)30-11-13-31(14-12-30)28(34)23-7-8-23/h3-6,9-10,17-18,20,23,27H,7-8,11-16,19H2,1-2H3. The van der Waals surface area contributed by atoms with Gasteiger partial charge in [-0.2, -0.15) is 5.10 Å². The van der Waals surface area contributed by atoms with Crippen LogP contribution in [-0.2, 0) is 9.53 Å². The highest BCUT2D eigenvalue weighted by molar-refractivity contribution is 5.82. The van der Waals surface area contributed by atoms with Crippen LogP contribution < -0.4 is 4.90 Å². The highest BCUT2D eigenvalue weighted by atomic mass is 16.5. The van der Waals surface area contributed by atoms with Gasteiger partial charge in [0.25, 0.3) is 0 Å². The summed E-state index contributed by atoms with van der Waals surface area (Å²) in [7, 11) is 0. The van der Waals surface area contributed by atoms with E-state index in [9.17, 15) is 4.79 Å². The molecule has 6 rings (SSSR count). The van der Waals surface area contributed by atoms with Crippen molar-refractivity contribution in [1.29, 1.82) is 0 Å². The number of piperazine rings is 1. The fourth-order valence-corrected chi connectivity index (χ4v) is 5.60. The van der Waals surface area contributed by atoms with Crippen molar-refractivity contribution in [1.82, 2.24) is 19.4 Å². The second-order valence-corrected chi connectivity index (χ2v) is 10.4. The lowest BCUT2D eigenvalue weighted by Crippen LogP contribution is -2.49. The highest BCUT2D eigenvalue weighted by Crippen LogP contribution is 2.33. The minimum atomic E-state index is 0.299. The van der Waals surface area contributed by atoms with Gasteiger partial charge in [0, 0.05) is 62.6 Å². The molecule has 35 heavy (non-hydrogen) atoms. The fraction of sp³-hybridized carbons (Fsp3) is 0.500. The predicted molar refractivity (Wildman–Crippen MR) is 138 cm³/mol. The Labute approximate surface area is 207 Å². The van der Waals surface area contributed by atoms with Crippen LogP contribution in [-0.4, -0.2) is 77.3 Å². The molecule has 2 aromatic heterocycles. The van der Waals surface area contributed by atoms with Gasteiger partial charge in [-0.1, -0.05) is 24.3 Å². The average Bonchev–Trinajstić information content (AvgIpc) is 3.66. The molecule has 0 radical (unpaired) electrons. The third-order valence-electron chi connectivity index (χ3n) is 7.81. The molecule has 7 heteroatoms. The molecule has 3 aliphatic rings. The first-order chi connectivity index (χ1) is 17.1. The third-order valence-corrected chi connectivity index (χ3v) is 7.81. The SMILES string of the molecule is CC(C)N1CCOCC1c1ccc(-c2cc3c(N4CCN(C(=O)C5CC5)CC4)ccnn3c2)cc1. The quantitative estimate of drug-likeness (QED) is 0.564. The van der Waals surface area contributed by atoms with Gasteiger partial charge in [-0.05, 0) is 49.9 Å². The first-order valence-electron chi connectivity index (χ1n) is 13.0. The monoisotopic (exact) mass is 473 g/mol. The van der Waals surface area contributed by atoms with Crippen LogP contribution in [0.3, 0.4) is 0 Å². The van der Waals surface area contributed by atoms with Gasteiger partial charge in [-0.3, -0.25) is 9.69 Å². The fourth-order valence-electron chi connectivity index (χ4n) is 5.60. The summed E-state index contributed by atoms with van der Waals surface area (Å²) >= 11 is 0. The largest absolute Gasteiger partial charge is 0.378 e. The highest BCUT2D eigenvalue weighted by Gasteiger charge is 2.34. The Morgan fingerprint density at radius 3 is 2.49 bits per heavy atom. The van der Waals surface area contributed by atoms with Crippen LogP contribution in [0.2, 0.25) is 0 Å². The molecule has 4 heterocycles. The number of nitrogens with zero attached hydrogens (tertiary/aromatic N) is 5. The molecule has 184 valence electrons. The third kappa shape index (κ3) is 4.43. The topological polar surface area (TPSA) is 53.3 Å². The Morgan fingerprint density at radius 2 is 1.77 bits per heavy atom. The lowest BCUT2D eigenvalue weighted by atomic mass is 10.00. The molecule has 1 saturated carbocycles. The summed E-state index contributed by atoms with van der Waals surface area (Å²) in [6, 6.07) is 14.1. The summed E-state index contributed by atoms with van der Waals surface area (Å²) in [6.07, 6.45) is 6.13. The second-order valence-electron chi connectivity index (χ2n) is 10.4. The number of amides is 1. The second kappa shape index (κ2) is 9.28. The first kappa shape index (κ1) is 22.6. The summed E-state index contributed by atoms with van der Waals surface area (Å²) in [6.45, 7) is 10.4. The maximum Gasteiger partial charge on any atom is 0.225 e. The van der Waals surface area contributed by atoms with E-state index in [0.29, 0.717) is 23.9 Å². The van der Waals surface area contributed by atoms with Crippen LogP contribution in [0.1, 0.15) is 38.3 Å². The lowest BCUT2D eigenvalue weighted by molar-refractivity contribution is -0.132. The Bertz CT molecular complexity index is 1190. The van der Waals surface area contributed by atoms with Crippen LogP contribution in [0.15, 0.2) is 48.8 Å². The molecule has 0 spiro atoms. The van der Waals surface area contributed by atoms with Crippen molar-refractivity contribution < 1.29 is 9.53 Å². The maximum atomic E-state index is 12.4. The molecule has 0 N–H and O–H groups in total. The van der Waals surface area contributed by atoms with Crippen LogP contribution in [0.5, 0.6) is 0 Å². The van der Waals surface area contributed by atoms with Gasteiger partial charge in [0.05, 0.1) is 30.5 Å². The number of hydrogen-bond donors (Lipinski definition) is 0. The van der Waals surface area contributed by atoms with Gasteiger partial charge < -0.3 is 14.5 Å². The van der Waals surface area contributed by atoms with Crippen molar-refractivity contribution in [2.45, 2.75) is 38.8 Å². The summed E-state index contributed by atoms with van der Waals surface area (Å²) in [5.41, 5.74) is 5.97. The van der Waals surface area contributed by atoms with E-state index < -0.39 is 0 Å². The molecule has 1 aliphatic carbocycles. The van der Waals surface area contributed by atoms with Gasteiger partial charge in [0.1, 0.15) is 0 Å². The molecule has 1 atom stereocenters. The molecular formula is C28H35N5O2. The van der Waals surface area contributed by atoms with Crippen LogP contribution in [0.25, 0.3) is 16.6 Å². The van der Waals surface area contributed by atoms with Crippen LogP contribution in [0, 0.1) is 5.92 Å². The van der Waals surface area contributed by atoms with Gasteiger partial charge in [-0.25, -0.2) is 4.52 Å². The van der Waals surface area contributed by atoms with E-state index in [1.807, 2.05) is 10.7 Å². The van der Waals surface area contributed by atoms with E-state index in [4.69, 9.17) is 4.74 Å². The molecule has 3 fully saturated rings. The molecule has 1 unspecified atom stereocenters. The number of morpholine rings is 1. The number of ether oxygens (including phenoxy) is 1. The number of hydrogen-bond acceptors (Lipinski definition) is 5. The molecule has 1 aromatic carbocycles. The normalized spacial score (nSPS) is 21.7. The maximum absolute atomic E-state index is 12.4. The van der Waals surface area contributed by atoms with E-state index >= 15 is 0 Å². The molecule has 2 aliphatic heterocycles. The summed E-state index contributed by atoms with van der Waals surface area (Å²) < 4.78 is 7.78. The number of carbonyl (C=O) groups is 1. The van der Waals surface area contributed by atoms with E-state index in [1.165, 1.54) is 22.4 Å². The van der Waals surface area contributed by atoms with E-state index in [2.05, 4.69) is 76.2 Å². The first-order valence-corrected chi connectivity index (χ1v) is 13.0. The van der Waals surface area contributed by atoms with Crippen molar-refractivity contribution in [2.75, 3.05) is 50.8 Å². The van der Waals surface area contributed by atoms with Gasteiger partial charge in [-0.15, -0.1) is 0 Å². The zero-order valence-electron chi connectivity index (χ0n) is 20.8. The van der Waals surface area contributed by atoms with Gasteiger partial charge in [0.2, 0.25) is 5.91 Å². The molecule has 2 saturated heterocycles. The van der Waals surface area contributed by atoms with Crippen molar-refractivity contribution in [3.05, 3.63) is 54.4 Å². The van der Waals surface area contributed by atoms with E-state index in [0.717, 1.165) is 64.3 Å². The molecular weight excluding hydrogens is 438 g/mol. The van der Waals surface area contributed by atoms with Crippen molar-refractivity contribution in [3.8, 4) is 11.1 Å². The van der Waals surface area contributed by atoms with Gasteiger partial charge >= 0.3 is 0 Å². The van der Waals surface area contributed by atoms with Crippen molar-refractivity contribution >= 4 is 17.1 Å². The number of aromatic nitrogens is 2. The van der Waals surface area contributed by atoms with Crippen molar-refractivity contribution in [2.24, 2.45) is 5.92 Å². The zero-order chi connectivity index (χ0) is 23.9. The van der Waals surface area contributed by atoms with Crippen LogP contribution >= 0.6 is 0 Å². The molecule has 3 aromatic rings. The Morgan fingerprint density at radius 1 is 1.00 bits per heavy atom. The summed E-state index contributed by atoms with van der Waals surface area (Å²) in [4.78, 5) is 19.4. The van der Waals surface area contributed by atoms with Gasteiger partial charge in [0.15, 0.2) is 0 Å². The smallest absolute Gasteiger partial charge is 0.225 e. The number of rotatable bonds is 5. The number of benzene rings is 1. The number of fused-ring (bicyclic) bond motifs is 1. The zero-order valence-corrected chi connectivity index (χ0v) is 20.8. The molecule has 1 amide bonds. The Hall–Kier alpha value is -2.90. The molecule has 7 nitrogen and oxygen atoms in total. The van der Waals surface area contributed by atoms with E-state index in [-0.39, 0.29) is 0 Å².